The summed E-state index contributed by atoms with van der Waals surface area (Å²) in [5.41, 5.74) is 4.72. The second kappa shape index (κ2) is 13.8. The van der Waals surface area contributed by atoms with Gasteiger partial charge in [-0.15, -0.1) is 0 Å². The van der Waals surface area contributed by atoms with Gasteiger partial charge >= 0.3 is 24.2 Å². The normalized spacial score (nSPS) is 15.2. The van der Waals surface area contributed by atoms with E-state index in [1.54, 1.807) is 13.8 Å². The first-order valence-corrected chi connectivity index (χ1v) is 12.1. The van der Waals surface area contributed by atoms with Crippen LogP contribution in [0.25, 0.3) is 0 Å². The van der Waals surface area contributed by atoms with Crippen LogP contribution in [0.5, 0.6) is 11.5 Å². The predicted molar refractivity (Wildman–Crippen MR) is 133 cm³/mol. The molecule has 1 aromatic rings. The molecule has 0 aliphatic carbocycles. The molecule has 11 nitrogen and oxygen atoms in total. The van der Waals surface area contributed by atoms with Gasteiger partial charge in [-0.2, -0.15) is 0 Å². The largest absolute Gasteiger partial charge is 0.514 e. The lowest BCUT2D eigenvalue weighted by Gasteiger charge is -2.28. The van der Waals surface area contributed by atoms with Crippen LogP contribution in [0.2, 0.25) is 0 Å². The van der Waals surface area contributed by atoms with E-state index in [9.17, 15) is 24.3 Å². The van der Waals surface area contributed by atoms with Crippen LogP contribution in [0, 0.1) is 11.8 Å². The van der Waals surface area contributed by atoms with Gasteiger partial charge in [0.25, 0.3) is 0 Å². The number of carboxylic acid groups (broad SMARTS) is 1. The van der Waals surface area contributed by atoms with E-state index in [0.717, 1.165) is 0 Å². The lowest BCUT2D eigenvalue weighted by atomic mass is 9.86. The van der Waals surface area contributed by atoms with Crippen LogP contribution in [0.4, 0.5) is 9.59 Å². The summed E-state index contributed by atoms with van der Waals surface area (Å²) in [6.45, 7) is 13.6. The van der Waals surface area contributed by atoms with Gasteiger partial charge in [-0.3, -0.25) is 9.59 Å². The first-order chi connectivity index (χ1) is 17.0. The number of ether oxygens (including phenoxy) is 5. The second-order valence-corrected chi connectivity index (χ2v) is 9.88. The number of aliphatic carboxylic acids is 1. The third kappa shape index (κ3) is 10.7. The molecule has 1 aromatic carbocycles. The van der Waals surface area contributed by atoms with Crippen molar-refractivity contribution in [2.75, 3.05) is 0 Å². The molecule has 3 N–H and O–H groups in total. The molecule has 0 aliphatic heterocycles. The van der Waals surface area contributed by atoms with Crippen molar-refractivity contribution in [3.05, 3.63) is 23.8 Å². The van der Waals surface area contributed by atoms with Gasteiger partial charge in [-0.25, -0.2) is 9.59 Å². The Kier molecular flexibility index (Phi) is 11.8. The van der Waals surface area contributed by atoms with Gasteiger partial charge in [0.1, 0.15) is 23.9 Å². The molecule has 0 aliphatic rings. The Morgan fingerprint density at radius 1 is 0.838 bits per heavy atom. The van der Waals surface area contributed by atoms with E-state index in [4.69, 9.17) is 29.4 Å². The third-order valence-electron chi connectivity index (χ3n) is 5.80. The molecule has 11 heteroatoms. The van der Waals surface area contributed by atoms with Gasteiger partial charge in [-0.1, -0.05) is 33.8 Å². The molecule has 0 fully saturated rings. The summed E-state index contributed by atoms with van der Waals surface area (Å²) in [7, 11) is 0. The summed E-state index contributed by atoms with van der Waals surface area (Å²) >= 11 is 0. The van der Waals surface area contributed by atoms with E-state index < -0.39 is 48.1 Å². The van der Waals surface area contributed by atoms with Crippen LogP contribution in [-0.2, 0) is 30.2 Å². The van der Waals surface area contributed by atoms with E-state index >= 15 is 0 Å². The Morgan fingerprint density at radius 2 is 1.32 bits per heavy atom. The molecule has 0 saturated carbocycles. The number of hydrogen-bond acceptors (Lipinski definition) is 10. The molecule has 208 valence electrons. The third-order valence-corrected chi connectivity index (χ3v) is 5.80. The molecule has 0 saturated heterocycles. The van der Waals surface area contributed by atoms with Crippen LogP contribution in [0.15, 0.2) is 18.2 Å². The molecular weight excluding hydrogens is 486 g/mol. The second-order valence-electron chi connectivity index (χ2n) is 9.88. The molecule has 0 aromatic heterocycles. The maximum absolute atomic E-state index is 12.4. The maximum atomic E-state index is 12.4. The predicted octanol–water partition coefficient (Wildman–Crippen LogP) is 4.47. The van der Waals surface area contributed by atoms with E-state index in [1.165, 1.54) is 32.0 Å². The molecule has 0 bridgehead atoms. The quantitative estimate of drug-likeness (QED) is 0.225. The van der Waals surface area contributed by atoms with Crippen LogP contribution in [0.3, 0.4) is 0 Å². The first-order valence-electron chi connectivity index (χ1n) is 12.1. The van der Waals surface area contributed by atoms with Crippen molar-refractivity contribution >= 4 is 24.2 Å². The number of hydrogen-bond donors (Lipinski definition) is 2. The van der Waals surface area contributed by atoms with Gasteiger partial charge in [0.15, 0.2) is 11.5 Å². The molecular formula is C26H39NO10. The van der Waals surface area contributed by atoms with Crippen molar-refractivity contribution in [1.29, 1.82) is 0 Å². The summed E-state index contributed by atoms with van der Waals surface area (Å²) < 4.78 is 26.1. The van der Waals surface area contributed by atoms with E-state index in [0.29, 0.717) is 5.56 Å². The number of carbonyl (C=O) groups excluding carboxylic acids is 3. The Morgan fingerprint density at radius 3 is 1.76 bits per heavy atom. The number of esters is 1. The molecule has 0 amide bonds. The minimum Gasteiger partial charge on any atom is -0.480 e. The molecule has 37 heavy (non-hydrogen) atoms. The molecule has 4 atom stereocenters. The molecule has 0 heterocycles. The average molecular weight is 526 g/mol. The Labute approximate surface area is 217 Å². The van der Waals surface area contributed by atoms with Crippen molar-refractivity contribution in [2.45, 2.75) is 92.1 Å². The highest BCUT2D eigenvalue weighted by Gasteiger charge is 2.37. The van der Waals surface area contributed by atoms with Gasteiger partial charge in [0.05, 0.1) is 0 Å². The Balaban J connectivity index is 3.26. The van der Waals surface area contributed by atoms with Gasteiger partial charge < -0.3 is 34.5 Å². The topological polar surface area (TPSA) is 161 Å². The van der Waals surface area contributed by atoms with Crippen molar-refractivity contribution in [1.82, 2.24) is 0 Å². The van der Waals surface area contributed by atoms with Crippen LogP contribution in [-0.4, -0.2) is 53.2 Å². The van der Waals surface area contributed by atoms with Crippen molar-refractivity contribution in [2.24, 2.45) is 17.6 Å². The van der Waals surface area contributed by atoms with Crippen molar-refractivity contribution in [3.8, 4) is 11.5 Å². The van der Waals surface area contributed by atoms with Crippen molar-refractivity contribution < 1.29 is 48.0 Å². The summed E-state index contributed by atoms with van der Waals surface area (Å²) in [6, 6.07) is 4.14. The Bertz CT molecular complexity index is 961. The van der Waals surface area contributed by atoms with Gasteiger partial charge in [0, 0.05) is 19.8 Å². The lowest BCUT2D eigenvalue weighted by Crippen LogP contribution is -2.52. The van der Waals surface area contributed by atoms with Crippen LogP contribution < -0.4 is 15.2 Å². The highest BCUT2D eigenvalue weighted by atomic mass is 16.7. The summed E-state index contributed by atoms with van der Waals surface area (Å²) in [5, 5.41) is 9.79. The standard InChI is InChI=1S/C26H39NO10/c1-14(2)17(6)34-24(31)36-21-10-9-20(11-22(21)37-25(32)35-18(7)15(3)4)13-26(27,23(29)30)12-16(5)33-19(8)28/h9-11,14-18H,12-13,27H2,1-8H3,(H,29,30)/t16-,17?,18?,26?/m0/s1. The highest BCUT2D eigenvalue weighted by molar-refractivity contribution is 5.79. The first kappa shape index (κ1) is 31.7. The fourth-order valence-corrected chi connectivity index (χ4v) is 3.07. The van der Waals surface area contributed by atoms with Gasteiger partial charge in [-0.05, 0) is 50.3 Å². The van der Waals surface area contributed by atoms with Crippen molar-refractivity contribution in [3.63, 3.8) is 0 Å². The number of carboxylic acids is 1. The number of nitrogens with two attached hydrogens (primary N) is 1. The zero-order valence-electron chi connectivity index (χ0n) is 22.7. The summed E-state index contributed by atoms with van der Waals surface area (Å²) in [5.74, 6) is -2.13. The zero-order chi connectivity index (χ0) is 28.5. The van der Waals surface area contributed by atoms with Gasteiger partial charge in [0.2, 0.25) is 0 Å². The van der Waals surface area contributed by atoms with E-state index in [-0.39, 0.29) is 36.2 Å². The smallest absolute Gasteiger partial charge is 0.480 e. The lowest BCUT2D eigenvalue weighted by molar-refractivity contribution is -0.151. The zero-order valence-corrected chi connectivity index (χ0v) is 22.7. The fraction of sp³-hybridized carbons (Fsp3) is 0.615. The molecule has 0 spiro atoms. The molecule has 0 radical (unpaired) electrons. The van der Waals surface area contributed by atoms with Crippen LogP contribution >= 0.6 is 0 Å². The van der Waals surface area contributed by atoms with Crippen LogP contribution in [0.1, 0.15) is 67.4 Å². The monoisotopic (exact) mass is 525 g/mol. The SMILES string of the molecule is CC(=O)O[C@@H](C)CC(N)(Cc1ccc(OC(=O)OC(C)C(C)C)c(OC(=O)OC(C)C(C)C)c1)C(=O)O. The Hall–Kier alpha value is -3.34. The average Bonchev–Trinajstić information content (AvgIpc) is 2.74. The fourth-order valence-electron chi connectivity index (χ4n) is 3.07. The molecule has 1 rings (SSSR count). The minimum atomic E-state index is -1.81. The number of rotatable bonds is 12. The molecule has 3 unspecified atom stereocenters. The number of carbonyl (C=O) groups is 4. The highest BCUT2D eigenvalue weighted by Crippen LogP contribution is 2.32. The number of benzene rings is 1. The summed E-state index contributed by atoms with van der Waals surface area (Å²) in [6.07, 6.45) is -4.07. The minimum absolute atomic E-state index is 0.0229. The maximum Gasteiger partial charge on any atom is 0.514 e. The summed E-state index contributed by atoms with van der Waals surface area (Å²) in [4.78, 5) is 47.9. The van der Waals surface area contributed by atoms with E-state index in [1.807, 2.05) is 27.7 Å². The van der Waals surface area contributed by atoms with E-state index in [2.05, 4.69) is 0 Å².